The van der Waals surface area contributed by atoms with E-state index in [1.165, 1.54) is 0 Å². The second-order valence-electron chi connectivity index (χ2n) is 3.62. The van der Waals surface area contributed by atoms with Crippen LogP contribution >= 0.6 is 0 Å². The molecule has 0 aliphatic heterocycles. The molecule has 0 aromatic heterocycles. The summed E-state index contributed by atoms with van der Waals surface area (Å²) in [5.41, 5.74) is 5.49. The quantitative estimate of drug-likeness (QED) is 0.611. The van der Waals surface area contributed by atoms with E-state index < -0.39 is 9.84 Å². The second kappa shape index (κ2) is 7.20. The van der Waals surface area contributed by atoms with Crippen molar-refractivity contribution in [3.8, 4) is 0 Å². The minimum Gasteiger partial charge on any atom is -0.385 e. The Morgan fingerprint density at radius 2 is 1.93 bits per heavy atom. The summed E-state index contributed by atoms with van der Waals surface area (Å²) < 4.78 is 27.6. The van der Waals surface area contributed by atoms with Gasteiger partial charge in [-0.2, -0.15) is 0 Å². The van der Waals surface area contributed by atoms with Gasteiger partial charge in [0.2, 0.25) is 0 Å². The van der Waals surface area contributed by atoms with Gasteiger partial charge in [-0.05, 0) is 26.2 Å². The third-order valence-electron chi connectivity index (χ3n) is 1.94. The van der Waals surface area contributed by atoms with Crippen LogP contribution in [0.3, 0.4) is 0 Å². The van der Waals surface area contributed by atoms with Gasteiger partial charge in [-0.1, -0.05) is 0 Å². The van der Waals surface area contributed by atoms with Crippen molar-refractivity contribution in [1.82, 2.24) is 0 Å². The van der Waals surface area contributed by atoms with Gasteiger partial charge in [-0.15, -0.1) is 0 Å². The lowest BCUT2D eigenvalue weighted by Crippen LogP contribution is -2.21. The van der Waals surface area contributed by atoms with Gasteiger partial charge in [0.15, 0.2) is 0 Å². The molecule has 0 bridgehead atoms. The van der Waals surface area contributed by atoms with Crippen molar-refractivity contribution in [3.05, 3.63) is 0 Å². The average Bonchev–Trinajstić information content (AvgIpc) is 2.10. The highest BCUT2D eigenvalue weighted by molar-refractivity contribution is 7.91. The fourth-order valence-electron chi connectivity index (χ4n) is 1.04. The Morgan fingerprint density at radius 3 is 2.43 bits per heavy atom. The molecule has 0 aromatic rings. The van der Waals surface area contributed by atoms with Crippen molar-refractivity contribution in [2.45, 2.75) is 32.2 Å². The van der Waals surface area contributed by atoms with E-state index in [0.717, 1.165) is 6.42 Å². The van der Waals surface area contributed by atoms with Crippen molar-refractivity contribution in [1.29, 1.82) is 0 Å². The summed E-state index contributed by atoms with van der Waals surface area (Å²) in [6.07, 6.45) is 2.02. The summed E-state index contributed by atoms with van der Waals surface area (Å²) in [7, 11) is -1.28. The maximum absolute atomic E-state index is 11.4. The molecule has 0 rings (SSSR count). The van der Waals surface area contributed by atoms with Gasteiger partial charge in [-0.25, -0.2) is 8.42 Å². The van der Waals surface area contributed by atoms with E-state index in [0.29, 0.717) is 19.4 Å². The number of sulfone groups is 1. The molecule has 0 spiro atoms. The lowest BCUT2D eigenvalue weighted by molar-refractivity contribution is 0.194. The molecule has 0 radical (unpaired) electrons. The smallest absolute Gasteiger partial charge is 0.150 e. The first-order valence-corrected chi connectivity index (χ1v) is 6.75. The van der Waals surface area contributed by atoms with E-state index in [9.17, 15) is 8.42 Å². The van der Waals surface area contributed by atoms with Crippen LogP contribution in [0.25, 0.3) is 0 Å². The van der Waals surface area contributed by atoms with Crippen LogP contribution in [0.5, 0.6) is 0 Å². The summed E-state index contributed by atoms with van der Waals surface area (Å²) in [6.45, 7) is 2.45. The summed E-state index contributed by atoms with van der Waals surface area (Å²) in [5.74, 6) is 0.459. The van der Waals surface area contributed by atoms with E-state index in [1.54, 1.807) is 7.11 Å². The molecular formula is C9H21NO3S. The lowest BCUT2D eigenvalue weighted by atomic mass is 10.3. The maximum Gasteiger partial charge on any atom is 0.150 e. The van der Waals surface area contributed by atoms with Crippen molar-refractivity contribution >= 4 is 9.84 Å². The average molecular weight is 223 g/mol. The van der Waals surface area contributed by atoms with E-state index in [4.69, 9.17) is 10.5 Å². The molecule has 0 amide bonds. The molecule has 1 atom stereocenters. The normalized spacial score (nSPS) is 14.2. The largest absolute Gasteiger partial charge is 0.385 e. The van der Waals surface area contributed by atoms with Crippen LogP contribution in [0.15, 0.2) is 0 Å². The van der Waals surface area contributed by atoms with Crippen molar-refractivity contribution < 1.29 is 13.2 Å². The summed E-state index contributed by atoms with van der Waals surface area (Å²) in [5, 5.41) is 0. The Morgan fingerprint density at radius 1 is 1.29 bits per heavy atom. The number of methoxy groups -OCH3 is 1. The molecule has 0 aromatic carbocycles. The predicted molar refractivity (Wildman–Crippen MR) is 58.0 cm³/mol. The molecule has 0 aliphatic carbocycles. The molecular weight excluding hydrogens is 202 g/mol. The molecule has 4 nitrogen and oxygen atoms in total. The van der Waals surface area contributed by atoms with E-state index in [-0.39, 0.29) is 17.5 Å². The van der Waals surface area contributed by atoms with Crippen LogP contribution in [0.4, 0.5) is 0 Å². The number of ether oxygens (including phenoxy) is 1. The number of unbranched alkanes of at least 4 members (excludes halogenated alkanes) is 1. The van der Waals surface area contributed by atoms with Crippen molar-refractivity contribution in [2.24, 2.45) is 5.73 Å². The fourth-order valence-corrected chi connectivity index (χ4v) is 2.61. The number of hydrogen-bond donors (Lipinski definition) is 1. The second-order valence-corrected chi connectivity index (χ2v) is 5.92. The molecule has 2 N–H and O–H groups in total. The van der Waals surface area contributed by atoms with Crippen LogP contribution in [-0.4, -0.2) is 39.7 Å². The molecule has 0 heterocycles. The molecule has 0 saturated heterocycles. The Kier molecular flexibility index (Phi) is 7.13. The van der Waals surface area contributed by atoms with Gasteiger partial charge in [0, 0.05) is 19.8 Å². The predicted octanol–water partition coefficient (Wildman–Crippen LogP) is 0.565. The number of hydrogen-bond acceptors (Lipinski definition) is 4. The Bertz CT molecular complexity index is 224. The van der Waals surface area contributed by atoms with Gasteiger partial charge in [-0.3, -0.25) is 0 Å². The highest BCUT2D eigenvalue weighted by atomic mass is 32.2. The first-order valence-electron chi connectivity index (χ1n) is 4.93. The first kappa shape index (κ1) is 13.9. The van der Waals surface area contributed by atoms with E-state index >= 15 is 0 Å². The highest BCUT2D eigenvalue weighted by Gasteiger charge is 2.10. The molecule has 0 aliphatic rings. The lowest BCUT2D eigenvalue weighted by Gasteiger charge is -2.06. The zero-order chi connectivity index (χ0) is 11.0. The van der Waals surface area contributed by atoms with Crippen LogP contribution in [-0.2, 0) is 14.6 Å². The Balaban J connectivity index is 3.62. The molecule has 1 unspecified atom stereocenters. The van der Waals surface area contributed by atoms with Crippen LogP contribution in [0.1, 0.15) is 26.2 Å². The fraction of sp³-hybridized carbons (Fsp3) is 1.00. The zero-order valence-corrected chi connectivity index (χ0v) is 9.85. The third-order valence-corrected chi connectivity index (χ3v) is 3.71. The number of rotatable bonds is 8. The van der Waals surface area contributed by atoms with Gasteiger partial charge in [0.25, 0.3) is 0 Å². The SMILES string of the molecule is COCCCCS(=O)(=O)CCC(C)N. The van der Waals surface area contributed by atoms with Gasteiger partial charge in [0.1, 0.15) is 9.84 Å². The topological polar surface area (TPSA) is 69.4 Å². The maximum atomic E-state index is 11.4. The first-order chi connectivity index (χ1) is 6.48. The standard InChI is InChI=1S/C9H21NO3S/c1-9(10)5-8-14(11,12)7-4-3-6-13-2/h9H,3-8,10H2,1-2H3. The molecule has 0 fully saturated rings. The Hall–Kier alpha value is -0.130. The van der Waals surface area contributed by atoms with Crippen molar-refractivity contribution in [3.63, 3.8) is 0 Å². The Labute approximate surface area is 86.7 Å². The van der Waals surface area contributed by atoms with Gasteiger partial charge >= 0.3 is 0 Å². The number of nitrogens with two attached hydrogens (primary N) is 1. The highest BCUT2D eigenvalue weighted by Crippen LogP contribution is 2.01. The minimum atomic E-state index is -2.89. The van der Waals surface area contributed by atoms with Crippen LogP contribution in [0, 0.1) is 0 Å². The van der Waals surface area contributed by atoms with Crippen LogP contribution in [0.2, 0.25) is 0 Å². The van der Waals surface area contributed by atoms with Gasteiger partial charge in [0.05, 0.1) is 11.5 Å². The molecule has 5 heteroatoms. The van der Waals surface area contributed by atoms with E-state index in [2.05, 4.69) is 0 Å². The summed E-state index contributed by atoms with van der Waals surface area (Å²) in [4.78, 5) is 0. The molecule has 0 saturated carbocycles. The van der Waals surface area contributed by atoms with Crippen LogP contribution < -0.4 is 5.73 Å². The molecule has 86 valence electrons. The minimum absolute atomic E-state index is 0.0382. The van der Waals surface area contributed by atoms with E-state index in [1.807, 2.05) is 6.92 Å². The monoisotopic (exact) mass is 223 g/mol. The summed E-state index contributed by atoms with van der Waals surface area (Å²) >= 11 is 0. The third kappa shape index (κ3) is 8.47. The molecule has 14 heavy (non-hydrogen) atoms. The summed E-state index contributed by atoms with van der Waals surface area (Å²) in [6, 6.07) is -0.0382. The van der Waals surface area contributed by atoms with Gasteiger partial charge < -0.3 is 10.5 Å². The zero-order valence-electron chi connectivity index (χ0n) is 9.03. The van der Waals surface area contributed by atoms with Crippen molar-refractivity contribution in [2.75, 3.05) is 25.2 Å².